The fourth-order valence-corrected chi connectivity index (χ4v) is 2.03. The first kappa shape index (κ1) is 15.2. The number of urea groups is 1. The van der Waals surface area contributed by atoms with E-state index >= 15 is 0 Å². The zero-order valence-electron chi connectivity index (χ0n) is 10.8. The Hall–Kier alpha value is -1.83. The van der Waals surface area contributed by atoms with E-state index in [1.807, 2.05) is 0 Å². The van der Waals surface area contributed by atoms with Crippen molar-refractivity contribution in [2.24, 2.45) is 5.73 Å². The number of carbonyl (C=O) groups is 3. The van der Waals surface area contributed by atoms with Crippen molar-refractivity contribution in [2.45, 2.75) is 37.8 Å². The van der Waals surface area contributed by atoms with Crippen LogP contribution in [0.15, 0.2) is 0 Å². The van der Waals surface area contributed by atoms with Crippen LogP contribution in [0.2, 0.25) is 0 Å². The highest BCUT2D eigenvalue weighted by Crippen LogP contribution is 2.20. The number of amides is 3. The summed E-state index contributed by atoms with van der Waals surface area (Å²) in [7, 11) is 0. The molecule has 1 heterocycles. The van der Waals surface area contributed by atoms with E-state index in [0.29, 0.717) is 19.4 Å². The van der Waals surface area contributed by atoms with Crippen LogP contribution >= 0.6 is 0 Å². The molecule has 1 aliphatic heterocycles. The molecule has 0 saturated carbocycles. The van der Waals surface area contributed by atoms with Gasteiger partial charge in [-0.2, -0.15) is 0 Å². The SMILES string of the molecule is CC1(O)CCCN(C(=O)N[C@@H](CC(N)=O)C(=O)O)C1. The van der Waals surface area contributed by atoms with E-state index in [-0.39, 0.29) is 6.54 Å². The van der Waals surface area contributed by atoms with E-state index in [1.165, 1.54) is 4.90 Å². The number of piperidine rings is 1. The summed E-state index contributed by atoms with van der Waals surface area (Å²) in [5.41, 5.74) is 3.95. The predicted octanol–water partition coefficient (Wildman–Crippen LogP) is -1.13. The van der Waals surface area contributed by atoms with Crippen LogP contribution in [0.1, 0.15) is 26.2 Å². The van der Waals surface area contributed by atoms with Gasteiger partial charge in [-0.25, -0.2) is 9.59 Å². The maximum atomic E-state index is 11.9. The lowest BCUT2D eigenvalue weighted by atomic mass is 9.95. The van der Waals surface area contributed by atoms with E-state index < -0.39 is 36.0 Å². The summed E-state index contributed by atoms with van der Waals surface area (Å²) in [6.07, 6.45) is 0.750. The van der Waals surface area contributed by atoms with Crippen LogP contribution in [0, 0.1) is 0 Å². The third kappa shape index (κ3) is 4.74. The molecule has 0 radical (unpaired) electrons. The van der Waals surface area contributed by atoms with Crippen LogP contribution in [0.3, 0.4) is 0 Å². The molecular weight excluding hydrogens is 254 g/mol. The molecule has 1 unspecified atom stereocenters. The molecule has 1 rings (SSSR count). The fourth-order valence-electron chi connectivity index (χ4n) is 2.03. The summed E-state index contributed by atoms with van der Waals surface area (Å²) in [5.74, 6) is -2.13. The molecule has 8 heteroatoms. The molecule has 8 nitrogen and oxygen atoms in total. The van der Waals surface area contributed by atoms with E-state index in [2.05, 4.69) is 5.32 Å². The first-order valence-corrected chi connectivity index (χ1v) is 6.00. The molecule has 5 N–H and O–H groups in total. The van der Waals surface area contributed by atoms with E-state index in [1.54, 1.807) is 6.92 Å². The van der Waals surface area contributed by atoms with Crippen molar-refractivity contribution in [2.75, 3.05) is 13.1 Å². The van der Waals surface area contributed by atoms with Crippen molar-refractivity contribution < 1.29 is 24.6 Å². The second-order valence-electron chi connectivity index (χ2n) is 5.03. The maximum absolute atomic E-state index is 11.9. The number of carbonyl (C=O) groups excluding carboxylic acids is 2. The molecule has 108 valence electrons. The van der Waals surface area contributed by atoms with Crippen molar-refractivity contribution in [1.82, 2.24) is 10.2 Å². The molecule has 1 saturated heterocycles. The summed E-state index contributed by atoms with van der Waals surface area (Å²) < 4.78 is 0. The molecule has 1 aliphatic rings. The molecule has 0 aliphatic carbocycles. The van der Waals surface area contributed by atoms with Gasteiger partial charge in [-0.1, -0.05) is 0 Å². The summed E-state index contributed by atoms with van der Waals surface area (Å²) >= 11 is 0. The second kappa shape index (κ2) is 5.87. The predicted molar refractivity (Wildman–Crippen MR) is 65.2 cm³/mol. The average Bonchev–Trinajstić information content (AvgIpc) is 2.25. The number of carboxylic acid groups (broad SMARTS) is 1. The highest BCUT2D eigenvalue weighted by atomic mass is 16.4. The van der Waals surface area contributed by atoms with Gasteiger partial charge < -0.3 is 26.2 Å². The Kier molecular flexibility index (Phi) is 4.71. The number of nitrogens with zero attached hydrogens (tertiary/aromatic N) is 1. The first-order valence-electron chi connectivity index (χ1n) is 6.00. The third-order valence-corrected chi connectivity index (χ3v) is 2.96. The fraction of sp³-hybridized carbons (Fsp3) is 0.727. The third-order valence-electron chi connectivity index (χ3n) is 2.96. The quantitative estimate of drug-likeness (QED) is 0.514. The maximum Gasteiger partial charge on any atom is 0.326 e. The van der Waals surface area contributed by atoms with Crippen LogP contribution < -0.4 is 11.1 Å². The van der Waals surface area contributed by atoms with Crippen molar-refractivity contribution in [1.29, 1.82) is 0 Å². The monoisotopic (exact) mass is 273 g/mol. The number of hydrogen-bond acceptors (Lipinski definition) is 4. The Labute approximate surface area is 110 Å². The number of hydrogen-bond donors (Lipinski definition) is 4. The van der Waals surface area contributed by atoms with Gasteiger partial charge >= 0.3 is 12.0 Å². The van der Waals surface area contributed by atoms with Crippen molar-refractivity contribution in [3.05, 3.63) is 0 Å². The van der Waals surface area contributed by atoms with Gasteiger partial charge in [0.15, 0.2) is 0 Å². The molecule has 19 heavy (non-hydrogen) atoms. The zero-order chi connectivity index (χ0) is 14.6. The molecule has 0 aromatic carbocycles. The van der Waals surface area contributed by atoms with Gasteiger partial charge in [0.25, 0.3) is 0 Å². The van der Waals surface area contributed by atoms with Gasteiger partial charge in [0.05, 0.1) is 18.6 Å². The topological polar surface area (TPSA) is 133 Å². The van der Waals surface area contributed by atoms with Crippen LogP contribution in [-0.4, -0.2) is 57.8 Å². The molecule has 1 fully saturated rings. The minimum atomic E-state index is -1.35. The van der Waals surface area contributed by atoms with Crippen molar-refractivity contribution in [3.8, 4) is 0 Å². The number of likely N-dealkylation sites (tertiary alicyclic amines) is 1. The average molecular weight is 273 g/mol. The van der Waals surface area contributed by atoms with Gasteiger partial charge in [-0.3, -0.25) is 4.79 Å². The number of nitrogens with one attached hydrogen (secondary N) is 1. The summed E-state index contributed by atoms with van der Waals surface area (Å²) in [4.78, 5) is 34.8. The van der Waals surface area contributed by atoms with Gasteiger partial charge in [0.1, 0.15) is 6.04 Å². The summed E-state index contributed by atoms with van der Waals surface area (Å²) in [5, 5.41) is 21.0. The summed E-state index contributed by atoms with van der Waals surface area (Å²) in [6.45, 7) is 2.18. The number of β-amino-alcohol motifs (C(OH)–C–C–N with tert-alkyl or cyclic N) is 1. The molecule has 0 spiro atoms. The highest BCUT2D eigenvalue weighted by Gasteiger charge is 2.32. The standard InChI is InChI=1S/C11H19N3O5/c1-11(19)3-2-4-14(6-11)10(18)13-7(9(16)17)5-8(12)15/h7,19H,2-6H2,1H3,(H2,12,15)(H,13,18)(H,16,17)/t7-,11?/m0/s1. The Balaban J connectivity index is 2.61. The lowest BCUT2D eigenvalue weighted by Gasteiger charge is -2.37. The van der Waals surface area contributed by atoms with Gasteiger partial charge in [0.2, 0.25) is 5.91 Å². The minimum Gasteiger partial charge on any atom is -0.480 e. The first-order chi connectivity index (χ1) is 8.71. The molecule has 0 aromatic heterocycles. The number of carboxylic acids is 1. The minimum absolute atomic E-state index is 0.127. The van der Waals surface area contributed by atoms with Crippen LogP contribution in [0.4, 0.5) is 4.79 Å². The smallest absolute Gasteiger partial charge is 0.326 e. The van der Waals surface area contributed by atoms with Gasteiger partial charge in [-0.05, 0) is 19.8 Å². The lowest BCUT2D eigenvalue weighted by molar-refractivity contribution is -0.141. The second-order valence-corrected chi connectivity index (χ2v) is 5.03. The Morgan fingerprint density at radius 1 is 1.47 bits per heavy atom. The molecule has 0 bridgehead atoms. The highest BCUT2D eigenvalue weighted by molar-refractivity contribution is 5.87. The summed E-state index contributed by atoms with van der Waals surface area (Å²) in [6, 6.07) is -1.97. The number of nitrogens with two attached hydrogens (primary N) is 1. The Bertz CT molecular complexity index is 383. The molecule has 3 amide bonds. The van der Waals surface area contributed by atoms with Crippen LogP contribution in [-0.2, 0) is 9.59 Å². The largest absolute Gasteiger partial charge is 0.480 e. The van der Waals surface area contributed by atoms with Crippen molar-refractivity contribution >= 4 is 17.9 Å². The van der Waals surface area contributed by atoms with Gasteiger partial charge in [0, 0.05) is 6.54 Å². The number of rotatable bonds is 4. The van der Waals surface area contributed by atoms with Gasteiger partial charge in [-0.15, -0.1) is 0 Å². The van der Waals surface area contributed by atoms with Crippen LogP contribution in [0.5, 0.6) is 0 Å². The molecular formula is C11H19N3O5. The lowest BCUT2D eigenvalue weighted by Crippen LogP contribution is -2.55. The van der Waals surface area contributed by atoms with E-state index in [9.17, 15) is 19.5 Å². The molecule has 2 atom stereocenters. The molecule has 0 aromatic rings. The normalized spacial score (nSPS) is 24.6. The van der Waals surface area contributed by atoms with Crippen LogP contribution in [0.25, 0.3) is 0 Å². The Morgan fingerprint density at radius 2 is 2.11 bits per heavy atom. The zero-order valence-corrected chi connectivity index (χ0v) is 10.8. The number of aliphatic hydroxyl groups is 1. The van der Waals surface area contributed by atoms with E-state index in [4.69, 9.17) is 10.8 Å². The number of primary amides is 1. The number of aliphatic carboxylic acids is 1. The Morgan fingerprint density at radius 3 is 2.58 bits per heavy atom. The van der Waals surface area contributed by atoms with E-state index in [0.717, 1.165) is 0 Å². The van der Waals surface area contributed by atoms with Crippen molar-refractivity contribution in [3.63, 3.8) is 0 Å².